The molecule has 0 saturated carbocycles. The quantitative estimate of drug-likeness (QED) is 0.546. The Bertz CT molecular complexity index is 816. The van der Waals surface area contributed by atoms with Gasteiger partial charge in [0.05, 0.1) is 23.0 Å². The van der Waals surface area contributed by atoms with Gasteiger partial charge >= 0.3 is 6.03 Å². The third-order valence-corrected chi connectivity index (χ3v) is 3.12. The van der Waals surface area contributed by atoms with Crippen molar-refractivity contribution in [1.82, 2.24) is 9.97 Å². The van der Waals surface area contributed by atoms with Gasteiger partial charge in [-0.05, 0) is 36.4 Å². The second kappa shape index (κ2) is 5.34. The molecule has 1 aromatic heterocycles. The van der Waals surface area contributed by atoms with Crippen LogP contribution in [-0.2, 0) is 0 Å². The molecule has 0 unspecified atom stereocenters. The number of hydrogen-bond acceptors (Lipinski definition) is 3. The molecule has 7 heteroatoms. The number of benzene rings is 2. The number of carbonyl (C=O) groups excluding carboxylic acids is 1. The lowest BCUT2D eigenvalue weighted by atomic mass is 10.2. The van der Waals surface area contributed by atoms with Crippen molar-refractivity contribution in [2.75, 3.05) is 10.6 Å². The van der Waals surface area contributed by atoms with E-state index < -0.39 is 6.03 Å². The van der Waals surface area contributed by atoms with E-state index in [0.29, 0.717) is 10.7 Å². The summed E-state index contributed by atoms with van der Waals surface area (Å²) in [4.78, 5) is 19.0. The van der Waals surface area contributed by atoms with Gasteiger partial charge in [-0.1, -0.05) is 11.6 Å². The number of hydrogen-bond donors (Lipinski definition) is 4. The molecule has 3 rings (SSSR count). The van der Waals surface area contributed by atoms with Gasteiger partial charge in [-0.3, -0.25) is 0 Å². The molecule has 0 aliphatic carbocycles. The molecule has 0 radical (unpaired) electrons. The normalized spacial score (nSPS) is 10.5. The Morgan fingerprint density at radius 2 is 2.05 bits per heavy atom. The molecule has 0 aliphatic heterocycles. The van der Waals surface area contributed by atoms with E-state index in [1.54, 1.807) is 24.5 Å². The summed E-state index contributed by atoms with van der Waals surface area (Å²) < 4.78 is 0. The van der Waals surface area contributed by atoms with Crippen LogP contribution in [-0.4, -0.2) is 21.1 Å². The number of nitrogens with zero attached hydrogens (tertiary/aromatic N) is 1. The number of amides is 2. The van der Waals surface area contributed by atoms with E-state index >= 15 is 0 Å². The minimum Gasteiger partial charge on any atom is -0.506 e. The summed E-state index contributed by atoms with van der Waals surface area (Å²) in [6.45, 7) is 0. The van der Waals surface area contributed by atoms with Crippen molar-refractivity contribution in [1.29, 1.82) is 0 Å². The molecule has 106 valence electrons. The molecule has 0 bridgehead atoms. The number of imidazole rings is 1. The first-order valence-electron chi connectivity index (χ1n) is 6.11. The van der Waals surface area contributed by atoms with E-state index in [-0.39, 0.29) is 11.4 Å². The first-order valence-corrected chi connectivity index (χ1v) is 6.49. The maximum absolute atomic E-state index is 11.9. The Kier molecular flexibility index (Phi) is 3.37. The van der Waals surface area contributed by atoms with Crippen LogP contribution in [0.1, 0.15) is 0 Å². The Morgan fingerprint density at radius 3 is 2.90 bits per heavy atom. The second-order valence-corrected chi connectivity index (χ2v) is 4.81. The van der Waals surface area contributed by atoms with Crippen LogP contribution in [0, 0.1) is 0 Å². The fraction of sp³-hybridized carbons (Fsp3) is 0. The van der Waals surface area contributed by atoms with Crippen molar-refractivity contribution in [2.24, 2.45) is 0 Å². The Balaban J connectivity index is 1.75. The summed E-state index contributed by atoms with van der Waals surface area (Å²) in [5, 5.41) is 15.3. The molecule has 1 heterocycles. The van der Waals surface area contributed by atoms with Crippen LogP contribution in [0.5, 0.6) is 5.75 Å². The highest BCUT2D eigenvalue weighted by atomic mass is 35.5. The van der Waals surface area contributed by atoms with E-state index in [1.807, 2.05) is 0 Å². The van der Waals surface area contributed by atoms with E-state index in [9.17, 15) is 9.90 Å². The van der Waals surface area contributed by atoms with Crippen molar-refractivity contribution >= 4 is 40.0 Å². The number of carbonyl (C=O) groups is 1. The fourth-order valence-electron chi connectivity index (χ4n) is 1.91. The van der Waals surface area contributed by atoms with Gasteiger partial charge in [-0.25, -0.2) is 9.78 Å². The molecule has 0 spiro atoms. The van der Waals surface area contributed by atoms with Crippen LogP contribution in [0.15, 0.2) is 42.7 Å². The minimum atomic E-state index is -0.480. The van der Waals surface area contributed by atoms with Crippen LogP contribution in [0.25, 0.3) is 11.0 Å². The summed E-state index contributed by atoms with van der Waals surface area (Å²) in [5.41, 5.74) is 2.47. The molecule has 0 fully saturated rings. The fourth-order valence-corrected chi connectivity index (χ4v) is 2.08. The molecular weight excluding hydrogens is 292 g/mol. The van der Waals surface area contributed by atoms with Crippen LogP contribution >= 0.6 is 11.6 Å². The average molecular weight is 303 g/mol. The molecule has 2 aromatic carbocycles. The van der Waals surface area contributed by atoms with Gasteiger partial charge in [-0.15, -0.1) is 0 Å². The maximum atomic E-state index is 11.9. The first kappa shape index (κ1) is 13.3. The molecule has 0 saturated heterocycles. The molecule has 21 heavy (non-hydrogen) atoms. The number of phenols is 1. The zero-order valence-electron chi connectivity index (χ0n) is 10.7. The van der Waals surface area contributed by atoms with E-state index in [2.05, 4.69) is 20.6 Å². The Morgan fingerprint density at radius 1 is 1.19 bits per heavy atom. The number of aromatic amines is 1. The predicted octanol–water partition coefficient (Wildman–Crippen LogP) is 3.57. The largest absolute Gasteiger partial charge is 0.506 e. The van der Waals surface area contributed by atoms with Gasteiger partial charge in [0.25, 0.3) is 0 Å². The third-order valence-electron chi connectivity index (χ3n) is 2.88. The summed E-state index contributed by atoms with van der Waals surface area (Å²) in [6.07, 6.45) is 1.58. The summed E-state index contributed by atoms with van der Waals surface area (Å²) >= 11 is 5.82. The lowest BCUT2D eigenvalue weighted by Gasteiger charge is -2.09. The van der Waals surface area contributed by atoms with Crippen LogP contribution in [0.3, 0.4) is 0 Å². The standard InChI is InChI=1S/C14H11ClN4O2/c15-8-1-4-13(20)12(5-8)19-14(21)18-9-2-3-10-11(6-9)17-7-16-10/h1-7,20H,(H,16,17)(H2,18,19,21). The molecule has 0 aliphatic rings. The van der Waals surface area contributed by atoms with Gasteiger partial charge in [-0.2, -0.15) is 0 Å². The number of halogens is 1. The summed E-state index contributed by atoms with van der Waals surface area (Å²) in [6, 6.07) is 9.22. The maximum Gasteiger partial charge on any atom is 0.323 e. The highest BCUT2D eigenvalue weighted by molar-refractivity contribution is 6.31. The van der Waals surface area contributed by atoms with Gasteiger partial charge in [0, 0.05) is 10.7 Å². The number of aromatic hydroxyl groups is 1. The zero-order valence-corrected chi connectivity index (χ0v) is 11.5. The highest BCUT2D eigenvalue weighted by Gasteiger charge is 2.08. The van der Waals surface area contributed by atoms with Gasteiger partial charge in [0.2, 0.25) is 0 Å². The molecular formula is C14H11ClN4O2. The number of urea groups is 1. The number of nitrogens with one attached hydrogen (secondary N) is 3. The molecule has 2 amide bonds. The number of rotatable bonds is 2. The number of phenolic OH excluding ortho intramolecular Hbond substituents is 1. The zero-order chi connectivity index (χ0) is 14.8. The molecule has 0 atom stereocenters. The van der Waals surface area contributed by atoms with Gasteiger partial charge < -0.3 is 20.7 Å². The summed E-state index contributed by atoms with van der Waals surface area (Å²) in [7, 11) is 0. The topological polar surface area (TPSA) is 90.0 Å². The average Bonchev–Trinajstić information content (AvgIpc) is 2.90. The van der Waals surface area contributed by atoms with Crippen molar-refractivity contribution in [3.63, 3.8) is 0 Å². The Labute approximate surface area is 124 Å². The number of aromatic nitrogens is 2. The predicted molar refractivity (Wildman–Crippen MR) is 81.9 cm³/mol. The van der Waals surface area contributed by atoms with Gasteiger partial charge in [0.1, 0.15) is 5.75 Å². The van der Waals surface area contributed by atoms with Crippen molar-refractivity contribution < 1.29 is 9.90 Å². The van der Waals surface area contributed by atoms with E-state index in [4.69, 9.17) is 11.6 Å². The SMILES string of the molecule is O=C(Nc1ccc2nc[nH]c2c1)Nc1cc(Cl)ccc1O. The van der Waals surface area contributed by atoms with Crippen LogP contribution < -0.4 is 10.6 Å². The molecule has 3 aromatic rings. The van der Waals surface area contributed by atoms with Crippen molar-refractivity contribution in [2.45, 2.75) is 0 Å². The molecule has 6 nitrogen and oxygen atoms in total. The van der Waals surface area contributed by atoms with Crippen molar-refractivity contribution in [3.05, 3.63) is 47.7 Å². The van der Waals surface area contributed by atoms with Crippen LogP contribution in [0.2, 0.25) is 5.02 Å². The number of anilines is 2. The number of fused-ring (bicyclic) bond motifs is 1. The monoisotopic (exact) mass is 302 g/mol. The lowest BCUT2D eigenvalue weighted by molar-refractivity contribution is 0.262. The Hall–Kier alpha value is -2.73. The lowest BCUT2D eigenvalue weighted by Crippen LogP contribution is -2.19. The smallest absolute Gasteiger partial charge is 0.323 e. The third kappa shape index (κ3) is 2.90. The van der Waals surface area contributed by atoms with E-state index in [1.165, 1.54) is 18.2 Å². The minimum absolute atomic E-state index is 0.0569. The number of H-pyrrole nitrogens is 1. The van der Waals surface area contributed by atoms with Crippen molar-refractivity contribution in [3.8, 4) is 5.75 Å². The summed E-state index contributed by atoms with van der Waals surface area (Å²) in [5.74, 6) is -0.0569. The first-order chi connectivity index (χ1) is 10.1. The highest BCUT2D eigenvalue weighted by Crippen LogP contribution is 2.26. The molecule has 4 N–H and O–H groups in total. The van der Waals surface area contributed by atoms with Crippen LogP contribution in [0.4, 0.5) is 16.2 Å². The van der Waals surface area contributed by atoms with Gasteiger partial charge in [0.15, 0.2) is 0 Å². The second-order valence-electron chi connectivity index (χ2n) is 4.38. The van der Waals surface area contributed by atoms with E-state index in [0.717, 1.165) is 11.0 Å².